The number of methoxy groups -OCH3 is 1. The minimum absolute atomic E-state index is 0.127. The molecule has 0 N–H and O–H groups in total. The van der Waals surface area contributed by atoms with Gasteiger partial charge in [-0.2, -0.15) is 0 Å². The molecule has 1 aromatic carbocycles. The fraction of sp³-hybridized carbons (Fsp3) is 0.609. The van der Waals surface area contributed by atoms with Crippen LogP contribution in [0.5, 0.6) is 0 Å². The first-order chi connectivity index (χ1) is 14.0. The molecule has 2 amide bonds. The van der Waals surface area contributed by atoms with Crippen LogP contribution in [0.4, 0.5) is 4.79 Å². The normalized spacial score (nSPS) is 24.5. The van der Waals surface area contributed by atoms with E-state index in [0.29, 0.717) is 13.0 Å². The molecule has 2 aliphatic rings. The minimum Gasteiger partial charge on any atom is -0.458 e. The number of nitrogens with zero attached hydrogens (tertiary/aromatic N) is 2. The Balaban J connectivity index is 2.01. The Kier molecular flexibility index (Phi) is 5.85. The molecule has 30 heavy (non-hydrogen) atoms. The molecule has 7 heteroatoms. The highest BCUT2D eigenvalue weighted by Crippen LogP contribution is 2.45. The van der Waals surface area contributed by atoms with Gasteiger partial charge in [-0.25, -0.2) is 9.59 Å². The van der Waals surface area contributed by atoms with Gasteiger partial charge >= 0.3 is 12.1 Å². The van der Waals surface area contributed by atoms with Crippen LogP contribution in [0.2, 0.25) is 0 Å². The van der Waals surface area contributed by atoms with Crippen LogP contribution in [0.3, 0.4) is 0 Å². The van der Waals surface area contributed by atoms with Crippen molar-refractivity contribution in [2.75, 3.05) is 20.2 Å². The van der Waals surface area contributed by atoms with Crippen molar-refractivity contribution in [3.63, 3.8) is 0 Å². The van der Waals surface area contributed by atoms with Gasteiger partial charge in [0.25, 0.3) is 0 Å². The molecule has 1 aromatic rings. The first-order valence-electron chi connectivity index (χ1n) is 10.4. The Bertz CT molecular complexity index is 815. The molecule has 7 nitrogen and oxygen atoms in total. The van der Waals surface area contributed by atoms with Gasteiger partial charge in [-0.3, -0.25) is 4.79 Å². The van der Waals surface area contributed by atoms with E-state index in [1.54, 1.807) is 9.80 Å². The minimum atomic E-state index is -0.715. The second kappa shape index (κ2) is 7.93. The van der Waals surface area contributed by atoms with Crippen LogP contribution in [0.1, 0.15) is 46.6 Å². The molecule has 2 saturated heterocycles. The molecule has 0 saturated carbocycles. The Morgan fingerprint density at radius 2 is 1.70 bits per heavy atom. The van der Waals surface area contributed by atoms with E-state index in [-0.39, 0.29) is 24.3 Å². The van der Waals surface area contributed by atoms with Crippen molar-refractivity contribution in [3.8, 4) is 0 Å². The number of hydrogen-bond donors (Lipinski definition) is 0. The number of amides is 2. The quantitative estimate of drug-likeness (QED) is 0.708. The molecular formula is C23H32N2O5. The number of likely N-dealkylation sites (tertiary alicyclic amines) is 2. The lowest BCUT2D eigenvalue weighted by Gasteiger charge is -2.41. The van der Waals surface area contributed by atoms with Crippen molar-refractivity contribution in [1.29, 1.82) is 0 Å². The molecule has 2 aliphatic heterocycles. The third kappa shape index (κ3) is 4.02. The van der Waals surface area contributed by atoms with Crippen molar-refractivity contribution in [2.24, 2.45) is 11.8 Å². The van der Waals surface area contributed by atoms with Crippen molar-refractivity contribution in [1.82, 2.24) is 9.80 Å². The van der Waals surface area contributed by atoms with Crippen LogP contribution in [-0.2, 0) is 24.6 Å². The fourth-order valence-electron chi connectivity index (χ4n) is 4.66. The molecule has 0 bridgehead atoms. The zero-order valence-corrected chi connectivity index (χ0v) is 18.7. The number of rotatable bonds is 3. The highest BCUT2D eigenvalue weighted by Gasteiger charge is 2.58. The number of ether oxygens (including phenoxy) is 2. The molecule has 0 spiro atoms. The molecule has 3 atom stereocenters. The van der Waals surface area contributed by atoms with E-state index >= 15 is 0 Å². The van der Waals surface area contributed by atoms with Crippen molar-refractivity contribution in [3.05, 3.63) is 35.9 Å². The molecule has 0 radical (unpaired) electrons. The van der Waals surface area contributed by atoms with Crippen molar-refractivity contribution < 1.29 is 23.9 Å². The van der Waals surface area contributed by atoms with Crippen molar-refractivity contribution in [2.45, 2.75) is 58.2 Å². The summed E-state index contributed by atoms with van der Waals surface area (Å²) in [5.74, 6) is -1.19. The first kappa shape index (κ1) is 22.1. The highest BCUT2D eigenvalue weighted by atomic mass is 16.6. The van der Waals surface area contributed by atoms with Gasteiger partial charge in [0, 0.05) is 19.0 Å². The number of benzene rings is 1. The van der Waals surface area contributed by atoms with Gasteiger partial charge in [0.05, 0.1) is 18.6 Å². The van der Waals surface area contributed by atoms with Gasteiger partial charge in [-0.15, -0.1) is 0 Å². The molecular weight excluding hydrogens is 384 g/mol. The second-order valence-electron chi connectivity index (χ2n) is 9.59. The summed E-state index contributed by atoms with van der Waals surface area (Å²) in [6.45, 7) is 10.1. The van der Waals surface area contributed by atoms with Gasteiger partial charge in [0.15, 0.2) is 0 Å². The lowest BCUT2D eigenvalue weighted by Crippen LogP contribution is -2.53. The van der Waals surface area contributed by atoms with Gasteiger partial charge in [-0.1, -0.05) is 30.3 Å². The lowest BCUT2D eigenvalue weighted by molar-refractivity contribution is -0.167. The van der Waals surface area contributed by atoms with Gasteiger partial charge in [0.1, 0.15) is 11.6 Å². The summed E-state index contributed by atoms with van der Waals surface area (Å²) in [7, 11) is 1.33. The highest BCUT2D eigenvalue weighted by molar-refractivity contribution is 5.92. The van der Waals surface area contributed by atoms with E-state index in [2.05, 4.69) is 0 Å². The lowest BCUT2D eigenvalue weighted by atomic mass is 9.83. The van der Waals surface area contributed by atoms with Gasteiger partial charge < -0.3 is 19.3 Å². The maximum absolute atomic E-state index is 13.6. The molecule has 0 aromatic heterocycles. The number of carbonyl (C=O) groups is 3. The van der Waals surface area contributed by atoms with E-state index in [1.807, 2.05) is 65.0 Å². The summed E-state index contributed by atoms with van der Waals surface area (Å²) < 4.78 is 10.6. The number of fused-ring (bicyclic) bond motifs is 1. The van der Waals surface area contributed by atoms with Crippen LogP contribution < -0.4 is 0 Å². The number of hydrogen-bond acceptors (Lipinski definition) is 5. The van der Waals surface area contributed by atoms with Crippen molar-refractivity contribution >= 4 is 18.0 Å². The topological polar surface area (TPSA) is 76.2 Å². The zero-order chi connectivity index (χ0) is 22.3. The first-order valence-corrected chi connectivity index (χ1v) is 10.4. The Labute approximate surface area is 178 Å². The third-order valence-electron chi connectivity index (χ3n) is 6.07. The maximum atomic E-state index is 13.6. The van der Waals surface area contributed by atoms with E-state index < -0.39 is 29.2 Å². The van der Waals surface area contributed by atoms with Crippen LogP contribution in [0.25, 0.3) is 0 Å². The maximum Gasteiger partial charge on any atom is 0.409 e. The average Bonchev–Trinajstić information content (AvgIpc) is 2.99. The van der Waals surface area contributed by atoms with Crippen LogP contribution in [0, 0.1) is 11.8 Å². The Morgan fingerprint density at radius 3 is 2.27 bits per heavy atom. The third-order valence-corrected chi connectivity index (χ3v) is 6.07. The molecule has 2 heterocycles. The molecule has 3 rings (SSSR count). The zero-order valence-electron chi connectivity index (χ0n) is 18.7. The summed E-state index contributed by atoms with van der Waals surface area (Å²) in [4.78, 5) is 42.2. The van der Waals surface area contributed by atoms with Gasteiger partial charge in [0.2, 0.25) is 5.91 Å². The Hall–Kier alpha value is -2.57. The van der Waals surface area contributed by atoms with Crippen LogP contribution in [0.15, 0.2) is 30.3 Å². The summed E-state index contributed by atoms with van der Waals surface area (Å²) in [5, 5.41) is 0. The van der Waals surface area contributed by atoms with Crippen LogP contribution >= 0.6 is 0 Å². The van der Waals surface area contributed by atoms with E-state index in [4.69, 9.17) is 9.47 Å². The Morgan fingerprint density at radius 1 is 1.07 bits per heavy atom. The van der Waals surface area contributed by atoms with E-state index in [9.17, 15) is 14.4 Å². The molecule has 2 fully saturated rings. The fourth-order valence-corrected chi connectivity index (χ4v) is 4.66. The predicted octanol–water partition coefficient (Wildman–Crippen LogP) is 3.18. The SMILES string of the molecule is COC(=O)N1CC[C@@H]2[C@H](C1)C(=O)N(C(C)(C)c1ccccc1)[C@@H]2C(=O)OC(C)(C)C. The van der Waals surface area contributed by atoms with Gasteiger partial charge in [-0.05, 0) is 46.6 Å². The van der Waals surface area contributed by atoms with Crippen LogP contribution in [-0.4, -0.2) is 59.6 Å². The second-order valence-corrected chi connectivity index (χ2v) is 9.59. The van der Waals surface area contributed by atoms with E-state index in [1.165, 1.54) is 7.11 Å². The standard InChI is InChI=1S/C23H32N2O5/c1-22(2,3)30-20(27)18-16-12-13-24(21(28)29-6)14-17(16)19(26)25(18)23(4,5)15-10-8-7-9-11-15/h7-11,16-18H,12-14H2,1-6H3/t16-,17+,18+/m1/s1. The molecule has 0 aliphatic carbocycles. The summed E-state index contributed by atoms with van der Waals surface area (Å²) >= 11 is 0. The smallest absolute Gasteiger partial charge is 0.409 e. The number of carbonyl (C=O) groups excluding carboxylic acids is 3. The molecule has 0 unspecified atom stereocenters. The van der Waals surface area contributed by atoms with E-state index in [0.717, 1.165) is 5.56 Å². The largest absolute Gasteiger partial charge is 0.458 e. The number of esters is 1. The monoisotopic (exact) mass is 416 g/mol. The summed E-state index contributed by atoms with van der Waals surface area (Å²) in [6, 6.07) is 8.99. The summed E-state index contributed by atoms with van der Waals surface area (Å²) in [5.41, 5.74) is -0.434. The average molecular weight is 417 g/mol. The number of piperidine rings is 1. The predicted molar refractivity (Wildman–Crippen MR) is 112 cm³/mol. The summed E-state index contributed by atoms with van der Waals surface area (Å²) in [6.07, 6.45) is 0.0902. The molecule has 164 valence electrons.